The van der Waals surface area contributed by atoms with Crippen molar-refractivity contribution in [2.75, 3.05) is 13.2 Å². The molecule has 0 spiro atoms. The summed E-state index contributed by atoms with van der Waals surface area (Å²) in [6, 6.07) is 4.25. The molecule has 1 aromatic rings. The van der Waals surface area contributed by atoms with Gasteiger partial charge in [-0.3, -0.25) is 14.9 Å². The molecule has 1 rings (SSSR count). The van der Waals surface area contributed by atoms with E-state index in [-0.39, 0.29) is 37.0 Å². The van der Waals surface area contributed by atoms with Gasteiger partial charge in [0, 0.05) is 12.5 Å². The van der Waals surface area contributed by atoms with Crippen molar-refractivity contribution >= 4 is 11.7 Å². The molecule has 0 aromatic heterocycles. The number of rotatable bonds is 8. The molecule has 0 bridgehead atoms. The van der Waals surface area contributed by atoms with E-state index >= 15 is 0 Å². The molecule has 20 heavy (non-hydrogen) atoms. The number of aliphatic hydroxyl groups is 1. The molecule has 0 heterocycles. The Balaban J connectivity index is 2.55. The molecule has 0 aliphatic carbocycles. The van der Waals surface area contributed by atoms with Crippen LogP contribution in [0, 0.1) is 10.1 Å². The van der Waals surface area contributed by atoms with Gasteiger partial charge in [-0.1, -0.05) is 6.07 Å². The molecule has 0 atom stereocenters. The van der Waals surface area contributed by atoms with E-state index in [0.717, 1.165) is 0 Å². The summed E-state index contributed by atoms with van der Waals surface area (Å²) in [7, 11) is 0. The van der Waals surface area contributed by atoms with Crippen LogP contribution < -0.4 is 4.74 Å². The predicted octanol–water partition coefficient (Wildman–Crippen LogP) is 1.81. The molecular formula is C13H17NO6. The van der Waals surface area contributed by atoms with E-state index in [2.05, 4.69) is 0 Å². The lowest BCUT2D eigenvalue weighted by atomic mass is 10.2. The lowest BCUT2D eigenvalue weighted by Gasteiger charge is -2.07. The molecule has 0 saturated carbocycles. The maximum Gasteiger partial charge on any atom is 0.311 e. The van der Waals surface area contributed by atoms with Crippen molar-refractivity contribution in [2.24, 2.45) is 0 Å². The molecule has 110 valence electrons. The maximum atomic E-state index is 11.1. The highest BCUT2D eigenvalue weighted by molar-refractivity contribution is 5.69. The van der Waals surface area contributed by atoms with Crippen LogP contribution >= 0.6 is 0 Å². The van der Waals surface area contributed by atoms with Gasteiger partial charge in [0.1, 0.15) is 0 Å². The molecule has 0 radical (unpaired) electrons. The van der Waals surface area contributed by atoms with Gasteiger partial charge < -0.3 is 14.6 Å². The normalized spacial score (nSPS) is 10.1. The highest BCUT2D eigenvalue weighted by Gasteiger charge is 2.15. The molecule has 0 amide bonds. The zero-order chi connectivity index (χ0) is 15.0. The van der Waals surface area contributed by atoms with Gasteiger partial charge in [0.15, 0.2) is 5.75 Å². The number of nitro benzene ring substituents is 1. The number of aliphatic hydroxyl groups excluding tert-OH is 1. The Kier molecular flexibility index (Phi) is 6.45. The molecule has 7 heteroatoms. The van der Waals surface area contributed by atoms with Crippen molar-refractivity contribution in [1.29, 1.82) is 0 Å². The first-order valence-corrected chi connectivity index (χ1v) is 6.25. The molecule has 0 unspecified atom stereocenters. The van der Waals surface area contributed by atoms with Crippen LogP contribution in [-0.4, -0.2) is 29.2 Å². The van der Waals surface area contributed by atoms with E-state index in [0.29, 0.717) is 18.6 Å². The minimum atomic E-state index is -0.570. The van der Waals surface area contributed by atoms with Crippen molar-refractivity contribution < 1.29 is 24.3 Å². The van der Waals surface area contributed by atoms with Crippen LogP contribution in [0.5, 0.6) is 5.75 Å². The van der Waals surface area contributed by atoms with Crippen LogP contribution in [0.25, 0.3) is 0 Å². The molecular weight excluding hydrogens is 266 g/mol. The first kappa shape index (κ1) is 15.9. The summed E-state index contributed by atoms with van der Waals surface area (Å²) in [6.45, 7) is 1.95. The number of benzene rings is 1. The van der Waals surface area contributed by atoms with Gasteiger partial charge in [-0.25, -0.2) is 0 Å². The monoisotopic (exact) mass is 283 g/mol. The second-order valence-corrected chi connectivity index (χ2v) is 3.97. The maximum absolute atomic E-state index is 11.1. The second kappa shape index (κ2) is 8.11. The number of hydrogen-bond acceptors (Lipinski definition) is 6. The second-order valence-electron chi connectivity index (χ2n) is 3.97. The predicted molar refractivity (Wildman–Crippen MR) is 70.4 cm³/mol. The molecule has 0 aliphatic heterocycles. The summed E-state index contributed by atoms with van der Waals surface area (Å²) < 4.78 is 10.1. The topological polar surface area (TPSA) is 98.9 Å². The minimum absolute atomic E-state index is 0.121. The number of nitro groups is 1. The van der Waals surface area contributed by atoms with Crippen LogP contribution in [0.2, 0.25) is 0 Å². The SMILES string of the molecule is CCOC(=O)CCCOc1ccc(CO)cc1[N+](=O)[O-]. The van der Waals surface area contributed by atoms with Crippen molar-refractivity contribution in [3.63, 3.8) is 0 Å². The first-order valence-electron chi connectivity index (χ1n) is 6.25. The van der Waals surface area contributed by atoms with Crippen molar-refractivity contribution in [2.45, 2.75) is 26.4 Å². The molecule has 1 N–H and O–H groups in total. The standard InChI is InChI=1S/C13H17NO6/c1-2-19-13(16)4-3-7-20-12-6-5-10(9-15)8-11(12)14(17)18/h5-6,8,15H,2-4,7,9H2,1H3. The van der Waals surface area contributed by atoms with Crippen LogP contribution in [0.3, 0.4) is 0 Å². The minimum Gasteiger partial charge on any atom is -0.487 e. The number of ether oxygens (including phenoxy) is 2. The molecule has 7 nitrogen and oxygen atoms in total. The molecule has 0 fully saturated rings. The van der Waals surface area contributed by atoms with E-state index in [1.54, 1.807) is 13.0 Å². The highest BCUT2D eigenvalue weighted by atomic mass is 16.6. The Morgan fingerprint density at radius 2 is 2.20 bits per heavy atom. The fourth-order valence-corrected chi connectivity index (χ4v) is 1.56. The lowest BCUT2D eigenvalue weighted by Crippen LogP contribution is -2.07. The first-order chi connectivity index (χ1) is 9.58. The van der Waals surface area contributed by atoms with E-state index in [1.165, 1.54) is 12.1 Å². The van der Waals surface area contributed by atoms with Crippen molar-refractivity contribution in [3.8, 4) is 5.75 Å². The third-order valence-electron chi connectivity index (χ3n) is 2.49. The Hall–Kier alpha value is -2.15. The smallest absolute Gasteiger partial charge is 0.311 e. The third-order valence-corrected chi connectivity index (χ3v) is 2.49. The number of esters is 1. The number of carbonyl (C=O) groups is 1. The average molecular weight is 283 g/mol. The van der Waals surface area contributed by atoms with Gasteiger partial charge in [-0.2, -0.15) is 0 Å². The van der Waals surface area contributed by atoms with E-state index < -0.39 is 4.92 Å². The highest BCUT2D eigenvalue weighted by Crippen LogP contribution is 2.28. The largest absolute Gasteiger partial charge is 0.487 e. The molecule has 1 aromatic carbocycles. The quantitative estimate of drug-likeness (QED) is 0.338. The Labute approximate surface area is 116 Å². The van der Waals surface area contributed by atoms with Crippen LogP contribution in [-0.2, 0) is 16.1 Å². The van der Waals surface area contributed by atoms with Gasteiger partial charge >= 0.3 is 11.7 Å². The third kappa shape index (κ3) is 4.85. The van der Waals surface area contributed by atoms with Crippen LogP contribution in [0.15, 0.2) is 18.2 Å². The summed E-state index contributed by atoms with van der Waals surface area (Å²) in [5, 5.41) is 19.8. The number of nitrogens with zero attached hydrogens (tertiary/aromatic N) is 1. The number of carbonyl (C=O) groups excluding carboxylic acids is 1. The van der Waals surface area contributed by atoms with E-state index in [1.807, 2.05) is 0 Å². The van der Waals surface area contributed by atoms with Crippen LogP contribution in [0.1, 0.15) is 25.3 Å². The Morgan fingerprint density at radius 3 is 2.80 bits per heavy atom. The summed E-state index contributed by atoms with van der Waals surface area (Å²) in [5.41, 5.74) is 0.239. The van der Waals surface area contributed by atoms with E-state index in [4.69, 9.17) is 14.6 Å². The van der Waals surface area contributed by atoms with Crippen molar-refractivity contribution in [1.82, 2.24) is 0 Å². The van der Waals surface area contributed by atoms with Gasteiger partial charge in [-0.15, -0.1) is 0 Å². The summed E-state index contributed by atoms with van der Waals surface area (Å²) in [4.78, 5) is 21.4. The van der Waals surface area contributed by atoms with Gasteiger partial charge in [0.2, 0.25) is 0 Å². The van der Waals surface area contributed by atoms with Crippen LogP contribution in [0.4, 0.5) is 5.69 Å². The summed E-state index contributed by atoms with van der Waals surface area (Å²) in [6.07, 6.45) is 0.619. The molecule has 0 aliphatic rings. The average Bonchev–Trinajstić information content (AvgIpc) is 2.43. The number of hydrogen-bond donors (Lipinski definition) is 1. The zero-order valence-corrected chi connectivity index (χ0v) is 11.2. The Bertz CT molecular complexity index is 474. The van der Waals surface area contributed by atoms with Gasteiger partial charge in [0.05, 0.1) is 24.7 Å². The molecule has 0 saturated heterocycles. The fourth-order valence-electron chi connectivity index (χ4n) is 1.56. The fraction of sp³-hybridized carbons (Fsp3) is 0.462. The van der Waals surface area contributed by atoms with Crippen molar-refractivity contribution in [3.05, 3.63) is 33.9 Å². The zero-order valence-electron chi connectivity index (χ0n) is 11.2. The van der Waals surface area contributed by atoms with E-state index in [9.17, 15) is 14.9 Å². The lowest BCUT2D eigenvalue weighted by molar-refractivity contribution is -0.386. The van der Waals surface area contributed by atoms with Gasteiger partial charge in [-0.05, 0) is 25.0 Å². The summed E-state index contributed by atoms with van der Waals surface area (Å²) >= 11 is 0. The Morgan fingerprint density at radius 1 is 1.45 bits per heavy atom. The van der Waals surface area contributed by atoms with Gasteiger partial charge in [0.25, 0.3) is 0 Å². The summed E-state index contributed by atoms with van der Waals surface area (Å²) in [5.74, 6) is -0.197.